The molecule has 1 N–H and O–H groups in total. The van der Waals surface area contributed by atoms with E-state index in [-0.39, 0.29) is 12.0 Å². The lowest BCUT2D eigenvalue weighted by Crippen LogP contribution is -2.32. The number of amides is 1. The van der Waals surface area contributed by atoms with Crippen LogP contribution in [0.5, 0.6) is 0 Å². The van der Waals surface area contributed by atoms with Crippen molar-refractivity contribution in [2.75, 3.05) is 26.2 Å². The Morgan fingerprint density at radius 2 is 1.86 bits per heavy atom. The van der Waals surface area contributed by atoms with E-state index in [4.69, 9.17) is 4.74 Å². The van der Waals surface area contributed by atoms with E-state index in [1.54, 1.807) is 0 Å². The van der Waals surface area contributed by atoms with Crippen LogP contribution in [0, 0.1) is 0 Å². The Morgan fingerprint density at radius 3 is 2.71 bits per heavy atom. The minimum Gasteiger partial charge on any atom is -0.371 e. The molecule has 1 saturated heterocycles. The van der Waals surface area contributed by atoms with Crippen LogP contribution in [0.25, 0.3) is 0 Å². The molecule has 4 nitrogen and oxygen atoms in total. The average molecular weight is 379 g/mol. The van der Waals surface area contributed by atoms with Crippen molar-refractivity contribution in [2.45, 2.75) is 44.8 Å². The molecule has 2 aromatic rings. The van der Waals surface area contributed by atoms with E-state index in [2.05, 4.69) is 34.5 Å². The van der Waals surface area contributed by atoms with Gasteiger partial charge >= 0.3 is 0 Å². The van der Waals surface area contributed by atoms with E-state index in [1.165, 1.54) is 42.4 Å². The zero-order chi connectivity index (χ0) is 19.2. The predicted octanol–water partition coefficient (Wildman–Crippen LogP) is 4.11. The van der Waals surface area contributed by atoms with Gasteiger partial charge in [-0.25, -0.2) is 0 Å². The van der Waals surface area contributed by atoms with E-state index in [0.717, 1.165) is 31.6 Å². The second kappa shape index (κ2) is 9.35. The maximum Gasteiger partial charge on any atom is 0.251 e. The Labute approximate surface area is 167 Å². The maximum atomic E-state index is 12.7. The molecule has 0 spiro atoms. The number of likely N-dealkylation sites (tertiary alicyclic amines) is 1. The largest absolute Gasteiger partial charge is 0.371 e. The lowest BCUT2D eigenvalue weighted by Gasteiger charge is -2.26. The highest BCUT2D eigenvalue weighted by atomic mass is 16.5. The number of hydrogen-bond acceptors (Lipinski definition) is 3. The van der Waals surface area contributed by atoms with Crippen LogP contribution in [0.1, 0.15) is 58.8 Å². The molecule has 28 heavy (non-hydrogen) atoms. The van der Waals surface area contributed by atoms with Gasteiger partial charge in [0.25, 0.3) is 5.91 Å². The third kappa shape index (κ3) is 4.81. The molecule has 2 aliphatic heterocycles. The SMILES string of the molecule is O=C(NC[C@@H]1OCCc2ccccc21)c1cccc(CN2CCCCCC2)c1. The smallest absolute Gasteiger partial charge is 0.251 e. The molecule has 4 heteroatoms. The summed E-state index contributed by atoms with van der Waals surface area (Å²) < 4.78 is 5.91. The van der Waals surface area contributed by atoms with Crippen LogP contribution in [0.3, 0.4) is 0 Å². The number of carbonyl (C=O) groups excluding carboxylic acids is 1. The third-order valence-corrected chi connectivity index (χ3v) is 5.83. The van der Waals surface area contributed by atoms with Crippen LogP contribution in [-0.2, 0) is 17.7 Å². The van der Waals surface area contributed by atoms with Crippen LogP contribution in [-0.4, -0.2) is 37.0 Å². The van der Waals surface area contributed by atoms with Gasteiger partial charge in [-0.2, -0.15) is 0 Å². The molecule has 0 aliphatic carbocycles. The second-order valence-corrected chi connectivity index (χ2v) is 7.91. The minimum atomic E-state index is -0.0609. The van der Waals surface area contributed by atoms with Gasteiger partial charge in [-0.05, 0) is 61.2 Å². The van der Waals surface area contributed by atoms with Crippen molar-refractivity contribution < 1.29 is 9.53 Å². The van der Waals surface area contributed by atoms with Crippen molar-refractivity contribution >= 4 is 5.91 Å². The first kappa shape index (κ1) is 19.2. The summed E-state index contributed by atoms with van der Waals surface area (Å²) >= 11 is 0. The molecule has 1 amide bonds. The van der Waals surface area contributed by atoms with E-state index in [0.29, 0.717) is 13.2 Å². The van der Waals surface area contributed by atoms with Crippen LogP contribution in [0.4, 0.5) is 0 Å². The van der Waals surface area contributed by atoms with Gasteiger partial charge in [-0.15, -0.1) is 0 Å². The highest BCUT2D eigenvalue weighted by molar-refractivity contribution is 5.94. The Bertz CT molecular complexity index is 797. The molecule has 0 aromatic heterocycles. The van der Waals surface area contributed by atoms with Crippen molar-refractivity contribution in [3.8, 4) is 0 Å². The van der Waals surface area contributed by atoms with Crippen molar-refractivity contribution in [1.29, 1.82) is 0 Å². The number of benzene rings is 2. The summed E-state index contributed by atoms with van der Waals surface area (Å²) in [5.74, 6) is -0.0237. The van der Waals surface area contributed by atoms with Gasteiger partial charge in [0.2, 0.25) is 0 Å². The normalized spacial score (nSPS) is 20.2. The molecule has 148 valence electrons. The van der Waals surface area contributed by atoms with E-state index in [1.807, 2.05) is 24.3 Å². The Kier molecular flexibility index (Phi) is 6.40. The van der Waals surface area contributed by atoms with Gasteiger partial charge in [0.1, 0.15) is 6.10 Å². The molecular weight excluding hydrogens is 348 g/mol. The van der Waals surface area contributed by atoms with E-state index < -0.39 is 0 Å². The molecule has 2 aliphatic rings. The van der Waals surface area contributed by atoms with Crippen LogP contribution >= 0.6 is 0 Å². The summed E-state index contributed by atoms with van der Waals surface area (Å²) in [5.41, 5.74) is 4.47. The van der Waals surface area contributed by atoms with Crippen molar-refractivity contribution in [3.63, 3.8) is 0 Å². The predicted molar refractivity (Wildman–Crippen MR) is 111 cm³/mol. The number of hydrogen-bond donors (Lipinski definition) is 1. The van der Waals surface area contributed by atoms with Gasteiger partial charge in [0.15, 0.2) is 0 Å². The Balaban J connectivity index is 1.36. The number of fused-ring (bicyclic) bond motifs is 1. The molecule has 0 bridgehead atoms. The highest BCUT2D eigenvalue weighted by Gasteiger charge is 2.21. The number of carbonyl (C=O) groups is 1. The molecule has 2 heterocycles. The minimum absolute atomic E-state index is 0.0237. The number of nitrogens with zero attached hydrogens (tertiary/aromatic N) is 1. The van der Waals surface area contributed by atoms with Crippen LogP contribution in [0.15, 0.2) is 48.5 Å². The summed E-state index contributed by atoms with van der Waals surface area (Å²) in [7, 11) is 0. The summed E-state index contributed by atoms with van der Waals surface area (Å²) in [6, 6.07) is 16.4. The van der Waals surface area contributed by atoms with Gasteiger partial charge in [-0.3, -0.25) is 9.69 Å². The Hall–Kier alpha value is -2.17. The highest BCUT2D eigenvalue weighted by Crippen LogP contribution is 2.26. The molecule has 0 unspecified atom stereocenters. The van der Waals surface area contributed by atoms with Gasteiger partial charge < -0.3 is 10.1 Å². The fourth-order valence-electron chi connectivity index (χ4n) is 4.30. The first-order valence-electron chi connectivity index (χ1n) is 10.6. The summed E-state index contributed by atoms with van der Waals surface area (Å²) in [6.07, 6.45) is 6.12. The molecule has 4 rings (SSSR count). The summed E-state index contributed by atoms with van der Waals surface area (Å²) in [5, 5.41) is 3.07. The summed E-state index contributed by atoms with van der Waals surface area (Å²) in [4.78, 5) is 15.2. The average Bonchev–Trinajstić information content (AvgIpc) is 3.01. The van der Waals surface area contributed by atoms with Crippen LogP contribution in [0.2, 0.25) is 0 Å². The maximum absolute atomic E-state index is 12.7. The second-order valence-electron chi connectivity index (χ2n) is 7.91. The monoisotopic (exact) mass is 378 g/mol. The van der Waals surface area contributed by atoms with E-state index >= 15 is 0 Å². The molecule has 1 fully saturated rings. The molecule has 2 aromatic carbocycles. The topological polar surface area (TPSA) is 41.6 Å². The lowest BCUT2D eigenvalue weighted by molar-refractivity contribution is 0.0411. The zero-order valence-electron chi connectivity index (χ0n) is 16.5. The van der Waals surface area contributed by atoms with Crippen molar-refractivity contribution in [2.24, 2.45) is 0 Å². The standard InChI is InChI=1S/C24H30N2O2/c27-24(25-17-23-22-11-4-3-9-20(22)12-15-28-23)21-10-7-8-19(16-21)18-26-13-5-1-2-6-14-26/h3-4,7-11,16,23H,1-2,5-6,12-15,17-18H2,(H,25,27)/t23-/m0/s1. The number of nitrogens with one attached hydrogen (secondary N) is 1. The first-order chi connectivity index (χ1) is 13.8. The third-order valence-electron chi connectivity index (χ3n) is 5.83. The molecule has 0 radical (unpaired) electrons. The molecule has 1 atom stereocenters. The van der Waals surface area contributed by atoms with Crippen molar-refractivity contribution in [1.82, 2.24) is 10.2 Å². The fraction of sp³-hybridized carbons (Fsp3) is 0.458. The molecule has 0 saturated carbocycles. The Morgan fingerprint density at radius 1 is 1.04 bits per heavy atom. The van der Waals surface area contributed by atoms with Crippen molar-refractivity contribution in [3.05, 3.63) is 70.8 Å². The van der Waals surface area contributed by atoms with E-state index in [9.17, 15) is 4.79 Å². The first-order valence-corrected chi connectivity index (χ1v) is 10.6. The molecular formula is C24H30N2O2. The quantitative estimate of drug-likeness (QED) is 0.851. The fourth-order valence-corrected chi connectivity index (χ4v) is 4.30. The lowest BCUT2D eigenvalue weighted by atomic mass is 9.97. The summed E-state index contributed by atoms with van der Waals surface area (Å²) in [6.45, 7) is 4.47. The van der Waals surface area contributed by atoms with Gasteiger partial charge in [-0.1, -0.05) is 49.2 Å². The zero-order valence-corrected chi connectivity index (χ0v) is 16.5. The van der Waals surface area contributed by atoms with Gasteiger partial charge in [0, 0.05) is 18.7 Å². The van der Waals surface area contributed by atoms with Crippen LogP contribution < -0.4 is 5.32 Å². The number of ether oxygens (including phenoxy) is 1. The number of rotatable bonds is 5. The van der Waals surface area contributed by atoms with Gasteiger partial charge in [0.05, 0.1) is 6.61 Å².